The molecule has 10 atom stereocenters. The molecule has 3 nitrogen and oxygen atoms in total. The summed E-state index contributed by atoms with van der Waals surface area (Å²) in [5.41, 5.74) is -0.464. The summed E-state index contributed by atoms with van der Waals surface area (Å²) in [5, 5.41) is 34.1. The molecule has 182 valence electrons. The number of aliphatic hydroxyl groups excluding tert-OH is 2. The fraction of sp³-hybridized carbons (Fsp3) is 0.862. The van der Waals surface area contributed by atoms with E-state index < -0.39 is 22.5 Å². The molecule has 3 fully saturated rings. The highest BCUT2D eigenvalue weighted by Crippen LogP contribution is 2.71. The molecule has 0 saturated heterocycles. The van der Waals surface area contributed by atoms with Crippen LogP contribution in [0.5, 0.6) is 0 Å². The van der Waals surface area contributed by atoms with Crippen molar-refractivity contribution in [3.63, 3.8) is 0 Å². The van der Waals surface area contributed by atoms with Gasteiger partial charge in [-0.3, -0.25) is 0 Å². The average molecular weight is 445 g/mol. The van der Waals surface area contributed by atoms with Crippen LogP contribution in [0.4, 0.5) is 0 Å². The summed E-state index contributed by atoms with van der Waals surface area (Å²) < 4.78 is 0. The lowest BCUT2D eigenvalue weighted by Crippen LogP contribution is -2.68. The molecule has 4 aliphatic rings. The molecule has 0 bridgehead atoms. The SMILES string of the molecule is CC(C)C(C)C=CC(C)C1CCC2C3=CC(O)C4(C)CC(O)CCC4(C)C3(O)CCC21C. The highest BCUT2D eigenvalue weighted by Gasteiger charge is 2.69. The van der Waals surface area contributed by atoms with Gasteiger partial charge in [0.15, 0.2) is 0 Å². The topological polar surface area (TPSA) is 60.7 Å². The van der Waals surface area contributed by atoms with E-state index in [1.54, 1.807) is 0 Å². The predicted molar refractivity (Wildman–Crippen MR) is 131 cm³/mol. The van der Waals surface area contributed by atoms with Crippen LogP contribution >= 0.6 is 0 Å². The second-order valence-corrected chi connectivity index (χ2v) is 13.2. The third-order valence-electron chi connectivity index (χ3n) is 11.5. The highest BCUT2D eigenvalue weighted by atomic mass is 16.3. The van der Waals surface area contributed by atoms with Crippen molar-refractivity contribution in [2.75, 3.05) is 0 Å². The Kier molecular flexibility index (Phi) is 6.09. The van der Waals surface area contributed by atoms with Gasteiger partial charge < -0.3 is 15.3 Å². The van der Waals surface area contributed by atoms with Crippen LogP contribution in [0.2, 0.25) is 0 Å². The van der Waals surface area contributed by atoms with Gasteiger partial charge in [0.2, 0.25) is 0 Å². The molecule has 0 aromatic rings. The van der Waals surface area contributed by atoms with Crippen molar-refractivity contribution in [1.29, 1.82) is 0 Å². The van der Waals surface area contributed by atoms with Gasteiger partial charge in [-0.25, -0.2) is 0 Å². The smallest absolute Gasteiger partial charge is 0.0920 e. The van der Waals surface area contributed by atoms with Crippen LogP contribution in [-0.2, 0) is 0 Å². The molecule has 3 heteroatoms. The third-order valence-corrected chi connectivity index (χ3v) is 11.5. The van der Waals surface area contributed by atoms with Crippen LogP contribution in [0.3, 0.4) is 0 Å². The van der Waals surface area contributed by atoms with E-state index in [-0.39, 0.29) is 11.5 Å². The number of allylic oxidation sites excluding steroid dienone is 2. The van der Waals surface area contributed by atoms with Gasteiger partial charge in [0.05, 0.1) is 17.8 Å². The zero-order chi connectivity index (χ0) is 23.7. The number of fused-ring (bicyclic) bond motifs is 5. The van der Waals surface area contributed by atoms with Gasteiger partial charge >= 0.3 is 0 Å². The Labute approximate surface area is 196 Å². The van der Waals surface area contributed by atoms with Crippen LogP contribution in [0.1, 0.15) is 93.4 Å². The van der Waals surface area contributed by atoms with Gasteiger partial charge in [0.25, 0.3) is 0 Å². The Morgan fingerprint density at radius 1 is 0.938 bits per heavy atom. The maximum atomic E-state index is 12.4. The van der Waals surface area contributed by atoms with Crippen molar-refractivity contribution in [1.82, 2.24) is 0 Å². The van der Waals surface area contributed by atoms with Crippen LogP contribution in [-0.4, -0.2) is 33.1 Å². The monoisotopic (exact) mass is 444 g/mol. The molecule has 0 radical (unpaired) electrons. The normalized spacial score (nSPS) is 50.5. The minimum atomic E-state index is -0.870. The van der Waals surface area contributed by atoms with Crippen LogP contribution < -0.4 is 0 Å². The Bertz CT molecular complexity index is 785. The first-order chi connectivity index (χ1) is 14.8. The lowest BCUT2D eigenvalue weighted by atomic mass is 9.40. The maximum absolute atomic E-state index is 12.4. The number of hydrogen-bond donors (Lipinski definition) is 3. The van der Waals surface area contributed by atoms with E-state index in [1.807, 2.05) is 6.08 Å². The van der Waals surface area contributed by atoms with Crippen molar-refractivity contribution in [2.45, 2.75) is 111 Å². The third kappa shape index (κ3) is 3.24. The number of hydrogen-bond acceptors (Lipinski definition) is 3. The second-order valence-electron chi connectivity index (χ2n) is 13.2. The van der Waals surface area contributed by atoms with Crippen LogP contribution in [0.25, 0.3) is 0 Å². The Hall–Kier alpha value is -0.640. The quantitative estimate of drug-likeness (QED) is 0.474. The first kappa shape index (κ1) is 24.5. The summed E-state index contributed by atoms with van der Waals surface area (Å²) in [4.78, 5) is 0. The van der Waals surface area contributed by atoms with E-state index in [4.69, 9.17) is 0 Å². The molecule has 0 spiro atoms. The highest BCUT2D eigenvalue weighted by molar-refractivity contribution is 5.39. The fourth-order valence-corrected chi connectivity index (χ4v) is 8.47. The molecule has 0 aromatic heterocycles. The summed E-state index contributed by atoms with van der Waals surface area (Å²) in [5.74, 6) is 2.73. The fourth-order valence-electron chi connectivity index (χ4n) is 8.47. The van der Waals surface area contributed by atoms with Crippen molar-refractivity contribution in [3.05, 3.63) is 23.8 Å². The Morgan fingerprint density at radius 3 is 2.28 bits per heavy atom. The molecule has 3 N–H and O–H groups in total. The predicted octanol–water partition coefficient (Wildman–Crippen LogP) is 5.89. The van der Waals surface area contributed by atoms with Crippen molar-refractivity contribution >= 4 is 0 Å². The summed E-state index contributed by atoms with van der Waals surface area (Å²) in [6.07, 6.45) is 12.1. The minimum absolute atomic E-state index is 0.168. The molecule has 32 heavy (non-hydrogen) atoms. The largest absolute Gasteiger partial charge is 0.393 e. The molecule has 10 unspecified atom stereocenters. The average Bonchev–Trinajstić information content (AvgIpc) is 3.07. The van der Waals surface area contributed by atoms with Crippen molar-refractivity contribution in [3.8, 4) is 0 Å². The molecule has 0 aliphatic heterocycles. The van der Waals surface area contributed by atoms with Gasteiger partial charge in [-0.05, 0) is 85.5 Å². The van der Waals surface area contributed by atoms with E-state index >= 15 is 0 Å². The minimum Gasteiger partial charge on any atom is -0.393 e. The Morgan fingerprint density at radius 2 is 1.62 bits per heavy atom. The van der Waals surface area contributed by atoms with Gasteiger partial charge in [-0.2, -0.15) is 0 Å². The van der Waals surface area contributed by atoms with E-state index in [0.717, 1.165) is 37.7 Å². The van der Waals surface area contributed by atoms with E-state index in [1.165, 1.54) is 6.42 Å². The van der Waals surface area contributed by atoms with Gasteiger partial charge in [-0.1, -0.05) is 66.7 Å². The van der Waals surface area contributed by atoms with Gasteiger partial charge in [0.1, 0.15) is 0 Å². The van der Waals surface area contributed by atoms with Crippen molar-refractivity contribution in [2.24, 2.45) is 45.8 Å². The molecule has 0 aromatic carbocycles. The standard InChI is InChI=1S/C29H48O3/c1-18(2)19(3)8-9-20(4)22-10-11-23-24-16-25(31)27(6)17-21(30)12-13-28(27,7)29(24,32)15-14-26(22,23)5/h8-9,16,18-23,25,30-32H,10-15,17H2,1-7H3. The lowest BCUT2D eigenvalue weighted by molar-refractivity contribution is -0.216. The van der Waals surface area contributed by atoms with E-state index in [9.17, 15) is 15.3 Å². The van der Waals surface area contributed by atoms with E-state index in [2.05, 4.69) is 60.6 Å². The second kappa shape index (κ2) is 7.95. The first-order valence-electron chi connectivity index (χ1n) is 13.3. The number of rotatable bonds is 4. The lowest BCUT2D eigenvalue weighted by Gasteiger charge is -2.67. The first-order valence-corrected chi connectivity index (χ1v) is 13.3. The van der Waals surface area contributed by atoms with Crippen LogP contribution in [0.15, 0.2) is 23.8 Å². The summed E-state index contributed by atoms with van der Waals surface area (Å²) in [6, 6.07) is 0. The zero-order valence-electron chi connectivity index (χ0n) is 21.6. The van der Waals surface area contributed by atoms with Crippen molar-refractivity contribution < 1.29 is 15.3 Å². The van der Waals surface area contributed by atoms with Gasteiger partial charge in [-0.15, -0.1) is 0 Å². The maximum Gasteiger partial charge on any atom is 0.0920 e. The summed E-state index contributed by atoms with van der Waals surface area (Å²) >= 11 is 0. The molecule has 0 heterocycles. The Balaban J connectivity index is 1.67. The molecule has 4 rings (SSSR count). The molecular weight excluding hydrogens is 396 g/mol. The van der Waals surface area contributed by atoms with Crippen LogP contribution in [0, 0.1) is 45.8 Å². The molecule has 4 aliphatic carbocycles. The summed E-state index contributed by atoms with van der Waals surface area (Å²) in [7, 11) is 0. The number of aliphatic hydroxyl groups is 3. The molecule has 0 amide bonds. The zero-order valence-corrected chi connectivity index (χ0v) is 21.6. The molecule has 3 saturated carbocycles. The summed E-state index contributed by atoms with van der Waals surface area (Å²) in [6.45, 7) is 16.0. The molecular formula is C29H48O3. The van der Waals surface area contributed by atoms with Gasteiger partial charge in [0, 0.05) is 10.8 Å². The van der Waals surface area contributed by atoms with E-state index in [0.29, 0.717) is 36.0 Å².